The Hall–Kier alpha value is -2.30. The number of hydrogen-bond acceptors (Lipinski definition) is 4. The Balaban J connectivity index is 1.66. The number of nitrogens with zero attached hydrogens (tertiary/aromatic N) is 2. The van der Waals surface area contributed by atoms with E-state index in [1.807, 2.05) is 36.9 Å². The van der Waals surface area contributed by atoms with E-state index in [0.29, 0.717) is 11.5 Å². The number of hydrogen-bond donors (Lipinski definition) is 0. The molecule has 5 nitrogen and oxygen atoms in total. The molecule has 1 aliphatic heterocycles. The normalized spacial score (nSPS) is 17.8. The lowest BCUT2D eigenvalue weighted by molar-refractivity contribution is 0.0625. The fourth-order valence-electron chi connectivity index (χ4n) is 3.20. The third kappa shape index (κ3) is 3.45. The van der Waals surface area contributed by atoms with Crippen LogP contribution in [-0.4, -0.2) is 28.6 Å². The summed E-state index contributed by atoms with van der Waals surface area (Å²) in [6.07, 6.45) is 3.28. The summed E-state index contributed by atoms with van der Waals surface area (Å²) in [6, 6.07) is 7.97. The summed E-state index contributed by atoms with van der Waals surface area (Å²) in [6.45, 7) is 7.16. The van der Waals surface area contributed by atoms with Gasteiger partial charge in [-0.05, 0) is 51.2 Å². The van der Waals surface area contributed by atoms with Gasteiger partial charge in [0.15, 0.2) is 11.5 Å². The monoisotopic (exact) mass is 328 g/mol. The SMILES string of the molecule is Cc1cccc(C)c1OCc1cc(C(=O)N2CCCCC2C)no1. The molecule has 1 atom stereocenters. The Kier molecular flexibility index (Phi) is 4.88. The van der Waals surface area contributed by atoms with Crippen LogP contribution in [0.5, 0.6) is 5.75 Å². The van der Waals surface area contributed by atoms with Gasteiger partial charge in [0.05, 0.1) is 0 Å². The summed E-state index contributed by atoms with van der Waals surface area (Å²) >= 11 is 0. The molecule has 0 N–H and O–H groups in total. The maximum absolute atomic E-state index is 12.6. The van der Waals surface area contributed by atoms with E-state index in [0.717, 1.165) is 36.3 Å². The Morgan fingerprint density at radius 2 is 2.08 bits per heavy atom. The van der Waals surface area contributed by atoms with Crippen molar-refractivity contribution < 1.29 is 14.1 Å². The van der Waals surface area contributed by atoms with Crippen molar-refractivity contribution in [1.29, 1.82) is 0 Å². The average molecular weight is 328 g/mol. The molecule has 5 heteroatoms. The van der Waals surface area contributed by atoms with Crippen LogP contribution in [0.1, 0.15) is 53.6 Å². The molecule has 1 aromatic carbocycles. The number of benzene rings is 1. The molecule has 3 rings (SSSR count). The highest BCUT2D eigenvalue weighted by Gasteiger charge is 2.26. The van der Waals surface area contributed by atoms with E-state index < -0.39 is 0 Å². The Bertz CT molecular complexity index is 703. The van der Waals surface area contributed by atoms with E-state index in [-0.39, 0.29) is 18.6 Å². The van der Waals surface area contributed by atoms with E-state index in [4.69, 9.17) is 9.26 Å². The second kappa shape index (κ2) is 7.07. The van der Waals surface area contributed by atoms with Gasteiger partial charge in [-0.3, -0.25) is 4.79 Å². The van der Waals surface area contributed by atoms with Crippen LogP contribution in [0.3, 0.4) is 0 Å². The van der Waals surface area contributed by atoms with Crippen molar-refractivity contribution in [3.05, 3.63) is 46.8 Å². The minimum absolute atomic E-state index is 0.0516. The summed E-state index contributed by atoms with van der Waals surface area (Å²) in [4.78, 5) is 14.5. The maximum Gasteiger partial charge on any atom is 0.276 e. The second-order valence-electron chi connectivity index (χ2n) is 6.53. The van der Waals surface area contributed by atoms with E-state index >= 15 is 0 Å². The fraction of sp³-hybridized carbons (Fsp3) is 0.474. The van der Waals surface area contributed by atoms with Crippen LogP contribution in [0.15, 0.2) is 28.8 Å². The topological polar surface area (TPSA) is 55.6 Å². The number of aryl methyl sites for hydroxylation is 2. The molecule has 2 heterocycles. The number of carbonyl (C=O) groups excluding carboxylic acids is 1. The first-order valence-electron chi connectivity index (χ1n) is 8.52. The molecular weight excluding hydrogens is 304 g/mol. The standard InChI is InChI=1S/C19H24N2O3/c1-13-7-6-8-14(2)18(13)23-12-16-11-17(20-24-16)19(22)21-10-5-4-9-15(21)3/h6-8,11,15H,4-5,9-10,12H2,1-3H3. The highest BCUT2D eigenvalue weighted by atomic mass is 16.5. The molecule has 2 aromatic rings. The van der Waals surface area contributed by atoms with Crippen LogP contribution < -0.4 is 4.74 Å². The summed E-state index contributed by atoms with van der Waals surface area (Å²) in [5.41, 5.74) is 2.52. The molecule has 0 bridgehead atoms. The third-order valence-electron chi connectivity index (χ3n) is 4.61. The van der Waals surface area contributed by atoms with E-state index in [2.05, 4.69) is 12.1 Å². The van der Waals surface area contributed by atoms with Gasteiger partial charge in [-0.2, -0.15) is 0 Å². The Labute approximate surface area is 142 Å². The van der Waals surface area contributed by atoms with Gasteiger partial charge in [-0.15, -0.1) is 0 Å². The first-order chi connectivity index (χ1) is 11.6. The molecule has 0 aliphatic carbocycles. The number of piperidine rings is 1. The van der Waals surface area contributed by atoms with Gasteiger partial charge in [0.1, 0.15) is 12.4 Å². The van der Waals surface area contributed by atoms with Crippen LogP contribution >= 0.6 is 0 Å². The summed E-state index contributed by atoms with van der Waals surface area (Å²) in [5, 5.41) is 3.94. The third-order valence-corrected chi connectivity index (χ3v) is 4.61. The van der Waals surface area contributed by atoms with Crippen molar-refractivity contribution in [2.75, 3.05) is 6.54 Å². The number of ether oxygens (including phenoxy) is 1. The van der Waals surface area contributed by atoms with Crippen LogP contribution in [0.2, 0.25) is 0 Å². The molecule has 24 heavy (non-hydrogen) atoms. The number of aromatic nitrogens is 1. The van der Waals surface area contributed by atoms with Gasteiger partial charge < -0.3 is 14.2 Å². The minimum Gasteiger partial charge on any atom is -0.485 e. The van der Waals surface area contributed by atoms with Gasteiger partial charge in [0.2, 0.25) is 0 Å². The van der Waals surface area contributed by atoms with Crippen LogP contribution in [0, 0.1) is 13.8 Å². The predicted octanol–water partition coefficient (Wildman–Crippen LogP) is 3.89. The predicted molar refractivity (Wildman–Crippen MR) is 91.1 cm³/mol. The van der Waals surface area contributed by atoms with Gasteiger partial charge in [0, 0.05) is 18.7 Å². The lowest BCUT2D eigenvalue weighted by Crippen LogP contribution is -2.42. The maximum atomic E-state index is 12.6. The molecule has 0 radical (unpaired) electrons. The number of carbonyl (C=O) groups is 1. The Morgan fingerprint density at radius 3 is 2.79 bits per heavy atom. The summed E-state index contributed by atoms with van der Waals surface area (Å²) < 4.78 is 11.1. The van der Waals surface area contributed by atoms with Crippen molar-refractivity contribution in [2.45, 2.75) is 52.7 Å². The van der Waals surface area contributed by atoms with Gasteiger partial charge in [0.25, 0.3) is 5.91 Å². The van der Waals surface area contributed by atoms with Crippen LogP contribution in [0.4, 0.5) is 0 Å². The largest absolute Gasteiger partial charge is 0.485 e. The quantitative estimate of drug-likeness (QED) is 0.854. The lowest BCUT2D eigenvalue weighted by Gasteiger charge is -2.32. The van der Waals surface area contributed by atoms with E-state index in [1.165, 1.54) is 6.42 Å². The second-order valence-corrected chi connectivity index (χ2v) is 6.53. The number of amides is 1. The zero-order valence-corrected chi connectivity index (χ0v) is 14.5. The first kappa shape index (κ1) is 16.6. The first-order valence-corrected chi connectivity index (χ1v) is 8.52. The van der Waals surface area contributed by atoms with Crippen molar-refractivity contribution in [2.24, 2.45) is 0 Å². The molecule has 1 aromatic heterocycles. The number of para-hydroxylation sites is 1. The van der Waals surface area contributed by atoms with Gasteiger partial charge in [-0.1, -0.05) is 23.4 Å². The molecule has 0 spiro atoms. The van der Waals surface area contributed by atoms with E-state index in [9.17, 15) is 4.79 Å². The summed E-state index contributed by atoms with van der Waals surface area (Å²) in [5.74, 6) is 1.36. The van der Waals surface area contributed by atoms with Crippen molar-refractivity contribution in [1.82, 2.24) is 10.1 Å². The molecule has 1 unspecified atom stereocenters. The highest BCUT2D eigenvalue weighted by molar-refractivity contribution is 5.92. The summed E-state index contributed by atoms with van der Waals surface area (Å²) in [7, 11) is 0. The molecule has 1 fully saturated rings. The smallest absolute Gasteiger partial charge is 0.276 e. The molecule has 1 amide bonds. The van der Waals surface area contributed by atoms with Crippen molar-refractivity contribution in [3.8, 4) is 5.75 Å². The van der Waals surface area contributed by atoms with Crippen LogP contribution in [0.25, 0.3) is 0 Å². The lowest BCUT2D eigenvalue weighted by atomic mass is 10.0. The number of rotatable bonds is 4. The van der Waals surface area contributed by atoms with E-state index in [1.54, 1.807) is 6.07 Å². The molecule has 1 aliphatic rings. The molecular formula is C19H24N2O3. The van der Waals surface area contributed by atoms with Gasteiger partial charge in [-0.25, -0.2) is 0 Å². The molecule has 1 saturated heterocycles. The fourth-order valence-corrected chi connectivity index (χ4v) is 3.20. The average Bonchev–Trinajstić information content (AvgIpc) is 3.03. The zero-order chi connectivity index (χ0) is 17.1. The Morgan fingerprint density at radius 1 is 1.33 bits per heavy atom. The molecule has 128 valence electrons. The van der Waals surface area contributed by atoms with Gasteiger partial charge >= 0.3 is 0 Å². The van der Waals surface area contributed by atoms with Crippen molar-refractivity contribution >= 4 is 5.91 Å². The highest BCUT2D eigenvalue weighted by Crippen LogP contribution is 2.24. The van der Waals surface area contributed by atoms with Crippen molar-refractivity contribution in [3.63, 3.8) is 0 Å². The van der Waals surface area contributed by atoms with Crippen LogP contribution in [-0.2, 0) is 6.61 Å². The minimum atomic E-state index is -0.0516. The number of likely N-dealkylation sites (tertiary alicyclic amines) is 1. The zero-order valence-electron chi connectivity index (χ0n) is 14.5. The molecule has 0 saturated carbocycles.